The molecule has 5 rings (SSSR count). The zero-order valence-corrected chi connectivity index (χ0v) is 24.6. The van der Waals surface area contributed by atoms with Crippen LogP contribution in [0.2, 0.25) is 5.02 Å². The Labute approximate surface area is 252 Å². The molecular weight excluding hydrogens is 585 g/mol. The minimum Gasteiger partial charge on any atom is -0.412 e. The van der Waals surface area contributed by atoms with E-state index in [2.05, 4.69) is 31.2 Å². The van der Waals surface area contributed by atoms with Gasteiger partial charge in [0, 0.05) is 31.9 Å². The predicted octanol–water partition coefficient (Wildman–Crippen LogP) is 6.09. The summed E-state index contributed by atoms with van der Waals surface area (Å²) in [7, 11) is 0. The van der Waals surface area contributed by atoms with Gasteiger partial charge in [0.1, 0.15) is 11.6 Å². The van der Waals surface area contributed by atoms with Crippen molar-refractivity contribution in [2.24, 2.45) is 0 Å². The van der Waals surface area contributed by atoms with Gasteiger partial charge in [0.25, 0.3) is 0 Å². The first-order valence-corrected chi connectivity index (χ1v) is 12.6. The van der Waals surface area contributed by atoms with Gasteiger partial charge in [-0.25, -0.2) is 14.4 Å². The van der Waals surface area contributed by atoms with Crippen LogP contribution in [0, 0.1) is 5.82 Å². The number of pyridine rings is 1. The monoisotopic (exact) mass is 618 g/mol. The molecule has 0 atom stereocenters. The van der Waals surface area contributed by atoms with Crippen molar-refractivity contribution in [1.82, 2.24) is 19.4 Å². The molecule has 0 amide bonds. The Balaban J connectivity index is 0.00000190. The fourth-order valence-corrected chi connectivity index (χ4v) is 4.71. The van der Waals surface area contributed by atoms with Gasteiger partial charge in [-0.2, -0.15) is 0 Å². The molecule has 4 N–H and O–H groups in total. The number of rotatable bonds is 9. The second-order valence-corrected chi connectivity index (χ2v) is 9.48. The van der Waals surface area contributed by atoms with E-state index < -0.39 is 0 Å². The van der Waals surface area contributed by atoms with Crippen molar-refractivity contribution < 1.29 is 9.87 Å². The molecule has 2 aromatic heterocycles. The normalized spacial score (nSPS) is 13.4. The third-order valence-corrected chi connectivity index (χ3v) is 6.74. The minimum atomic E-state index is -0.216. The second kappa shape index (κ2) is 16.7. The summed E-state index contributed by atoms with van der Waals surface area (Å²) in [5.74, 6) is 1.53. The number of imidazole rings is 1. The van der Waals surface area contributed by atoms with Crippen LogP contribution in [0.25, 0.3) is 11.0 Å². The maximum Gasteiger partial charge on any atom is 0.204 e. The number of hydrogen-bond acceptors (Lipinski definition) is 5. The van der Waals surface area contributed by atoms with Crippen molar-refractivity contribution in [3.05, 3.63) is 83.3 Å². The van der Waals surface area contributed by atoms with E-state index in [0.29, 0.717) is 17.6 Å². The molecule has 0 spiro atoms. The van der Waals surface area contributed by atoms with Crippen molar-refractivity contribution in [3.63, 3.8) is 0 Å². The maximum atomic E-state index is 13.4. The van der Waals surface area contributed by atoms with E-state index in [1.807, 2.05) is 42.5 Å². The van der Waals surface area contributed by atoms with Gasteiger partial charge in [0.2, 0.25) is 5.95 Å². The average molecular weight is 620 g/mol. The lowest BCUT2D eigenvalue weighted by Crippen LogP contribution is -2.40. The number of benzene rings is 2. The summed E-state index contributed by atoms with van der Waals surface area (Å²) in [6.45, 7) is 4.73. The van der Waals surface area contributed by atoms with Crippen LogP contribution in [-0.4, -0.2) is 57.1 Å². The van der Waals surface area contributed by atoms with E-state index in [4.69, 9.17) is 16.6 Å². The highest BCUT2D eigenvalue weighted by Gasteiger charge is 2.21. The van der Waals surface area contributed by atoms with Crippen LogP contribution in [0.4, 0.5) is 16.2 Å². The lowest BCUT2D eigenvalue weighted by atomic mass is 10.1. The zero-order chi connectivity index (χ0) is 24.0. The Hall–Kier alpha value is -2.33. The summed E-state index contributed by atoms with van der Waals surface area (Å²) >= 11 is 5.89. The maximum absolute atomic E-state index is 13.4. The molecule has 0 saturated carbocycles. The Morgan fingerprint density at radius 2 is 1.67 bits per heavy atom. The number of nitrogens with zero attached hydrogens (tertiary/aromatic N) is 4. The topological polar surface area (TPSA) is 89.5 Å². The molecule has 1 fully saturated rings. The van der Waals surface area contributed by atoms with Gasteiger partial charge < -0.3 is 25.6 Å². The first-order valence-electron chi connectivity index (χ1n) is 12.2. The highest BCUT2D eigenvalue weighted by atomic mass is 35.5. The molecule has 0 aliphatic carbocycles. The van der Waals surface area contributed by atoms with E-state index >= 15 is 0 Å². The Kier molecular flexibility index (Phi) is 14.9. The summed E-state index contributed by atoms with van der Waals surface area (Å²) in [5.41, 5.74) is 3.10. The number of nitrogens with one attached hydrogen (secondary N) is 2. The molecular formula is C27H35Cl4FN6O. The lowest BCUT2D eigenvalue weighted by Gasteiger charge is -2.32. The first kappa shape index (κ1) is 34.7. The van der Waals surface area contributed by atoms with Crippen molar-refractivity contribution >= 4 is 71.6 Å². The quantitative estimate of drug-likeness (QED) is 0.221. The fourth-order valence-electron chi connectivity index (χ4n) is 4.60. The van der Waals surface area contributed by atoms with Crippen LogP contribution in [-0.2, 0) is 6.54 Å². The number of piperidine rings is 1. The smallest absolute Gasteiger partial charge is 0.204 e. The molecule has 39 heavy (non-hydrogen) atoms. The molecule has 0 radical (unpaired) electrons. The van der Waals surface area contributed by atoms with E-state index in [-0.39, 0.29) is 48.5 Å². The van der Waals surface area contributed by atoms with Gasteiger partial charge in [-0.05, 0) is 67.8 Å². The highest BCUT2D eigenvalue weighted by Crippen LogP contribution is 2.24. The second-order valence-electron chi connectivity index (χ2n) is 9.04. The molecule has 1 aliphatic rings. The number of aromatic nitrogens is 3. The van der Waals surface area contributed by atoms with E-state index in [9.17, 15) is 4.39 Å². The van der Waals surface area contributed by atoms with Crippen LogP contribution >= 0.6 is 48.8 Å². The molecule has 2 aromatic carbocycles. The van der Waals surface area contributed by atoms with Crippen LogP contribution < -0.4 is 10.6 Å². The summed E-state index contributed by atoms with van der Waals surface area (Å²) in [6, 6.07) is 19.0. The molecule has 7 nitrogen and oxygen atoms in total. The minimum absolute atomic E-state index is 0. The third-order valence-electron chi connectivity index (χ3n) is 6.51. The van der Waals surface area contributed by atoms with Gasteiger partial charge >= 0.3 is 0 Å². The van der Waals surface area contributed by atoms with Crippen LogP contribution in [0.15, 0.2) is 66.9 Å². The zero-order valence-electron chi connectivity index (χ0n) is 21.4. The van der Waals surface area contributed by atoms with Gasteiger partial charge in [-0.15, -0.1) is 37.2 Å². The fraction of sp³-hybridized carbons (Fsp3) is 0.333. The van der Waals surface area contributed by atoms with Crippen LogP contribution in [0.5, 0.6) is 0 Å². The van der Waals surface area contributed by atoms with Crippen molar-refractivity contribution in [2.45, 2.75) is 31.8 Å². The van der Waals surface area contributed by atoms with Crippen LogP contribution in [0.1, 0.15) is 24.8 Å². The Morgan fingerprint density at radius 1 is 0.949 bits per heavy atom. The highest BCUT2D eigenvalue weighted by molar-refractivity contribution is 6.30. The third kappa shape index (κ3) is 9.38. The SMILES string of the molecule is Cl.Cl.Cl.Fc1ccc(Cn2c(NC3CCN(CCCNc4ccc(Cl)cn4)CC3)nc3ccccc32)cc1.O. The van der Waals surface area contributed by atoms with Crippen molar-refractivity contribution in [2.75, 3.05) is 36.8 Å². The predicted molar refractivity (Wildman–Crippen MR) is 166 cm³/mol. The standard InChI is InChI=1S/C27H30ClFN6.3ClH.H2O/c28-21-8-11-26(31-18-21)30-14-3-15-34-16-12-23(13-17-34)32-27-33-24-4-1-2-5-25(24)35(27)19-20-6-9-22(29)10-7-20;;;;/h1-2,4-11,18,23H,3,12-17,19H2,(H,30,31)(H,32,33);3*1H;1H2. The van der Waals surface area contributed by atoms with Crippen LogP contribution in [0.3, 0.4) is 0 Å². The average Bonchev–Trinajstić information content (AvgIpc) is 3.22. The molecule has 1 aliphatic heterocycles. The molecule has 3 heterocycles. The Bertz CT molecular complexity index is 1250. The molecule has 0 bridgehead atoms. The number of fused-ring (bicyclic) bond motifs is 1. The first-order chi connectivity index (χ1) is 17.1. The summed E-state index contributed by atoms with van der Waals surface area (Å²) in [6.07, 6.45) is 4.88. The number of para-hydroxylation sites is 2. The molecule has 1 saturated heterocycles. The molecule has 4 aromatic rings. The van der Waals surface area contributed by atoms with Gasteiger partial charge in [0.15, 0.2) is 0 Å². The van der Waals surface area contributed by atoms with E-state index in [0.717, 1.165) is 73.8 Å². The largest absolute Gasteiger partial charge is 0.412 e. The molecule has 0 unspecified atom stereocenters. The van der Waals surface area contributed by atoms with E-state index in [1.54, 1.807) is 6.20 Å². The Morgan fingerprint density at radius 3 is 2.36 bits per heavy atom. The lowest BCUT2D eigenvalue weighted by molar-refractivity contribution is 0.218. The van der Waals surface area contributed by atoms with Crippen molar-refractivity contribution in [1.29, 1.82) is 0 Å². The summed E-state index contributed by atoms with van der Waals surface area (Å²) < 4.78 is 15.6. The summed E-state index contributed by atoms with van der Waals surface area (Å²) in [4.78, 5) is 11.7. The molecule has 12 heteroatoms. The number of halogens is 5. The van der Waals surface area contributed by atoms with E-state index in [1.165, 1.54) is 12.1 Å². The van der Waals surface area contributed by atoms with Gasteiger partial charge in [-0.1, -0.05) is 35.9 Å². The molecule has 214 valence electrons. The van der Waals surface area contributed by atoms with Gasteiger partial charge in [0.05, 0.1) is 22.6 Å². The van der Waals surface area contributed by atoms with Crippen molar-refractivity contribution in [3.8, 4) is 0 Å². The van der Waals surface area contributed by atoms with Gasteiger partial charge in [-0.3, -0.25) is 0 Å². The number of anilines is 2. The summed E-state index contributed by atoms with van der Waals surface area (Å²) in [5, 5.41) is 7.71. The number of hydrogen-bond donors (Lipinski definition) is 2. The number of likely N-dealkylation sites (tertiary alicyclic amines) is 1.